The van der Waals surface area contributed by atoms with Crippen LogP contribution in [0, 0.1) is 0 Å². The minimum absolute atomic E-state index is 0.306. The fourth-order valence-corrected chi connectivity index (χ4v) is 2.09. The first-order valence-corrected chi connectivity index (χ1v) is 4.59. The van der Waals surface area contributed by atoms with Crippen molar-refractivity contribution in [1.82, 2.24) is 0 Å². The molecule has 0 N–H and O–H groups in total. The van der Waals surface area contributed by atoms with Gasteiger partial charge in [-0.3, -0.25) is 9.05 Å². The molecule has 3 nitrogen and oxygen atoms in total. The summed E-state index contributed by atoms with van der Waals surface area (Å²) in [5.74, 6) is 0. The van der Waals surface area contributed by atoms with Gasteiger partial charge in [0.15, 0.2) is 0 Å². The molecular weight excluding hydrogens is 158 g/mol. The Kier molecular flexibility index (Phi) is 2.13. The molecule has 60 valence electrons. The Labute approximate surface area is 59.2 Å². The maximum Gasteiger partial charge on any atom is 0.513 e. The van der Waals surface area contributed by atoms with Gasteiger partial charge in [0.1, 0.15) is 0 Å². The molecule has 0 aromatic heterocycles. The number of halogens is 1. The van der Waals surface area contributed by atoms with E-state index in [1.807, 2.05) is 0 Å². The second kappa shape index (κ2) is 2.61. The van der Waals surface area contributed by atoms with Crippen LogP contribution in [0.25, 0.3) is 0 Å². The van der Waals surface area contributed by atoms with E-state index in [4.69, 9.17) is 0 Å². The van der Waals surface area contributed by atoms with Crippen LogP contribution < -0.4 is 0 Å². The molecule has 0 saturated carbocycles. The van der Waals surface area contributed by atoms with Crippen molar-refractivity contribution in [1.29, 1.82) is 0 Å². The van der Waals surface area contributed by atoms with Crippen LogP contribution in [-0.2, 0) is 13.6 Å². The van der Waals surface area contributed by atoms with Crippen LogP contribution in [-0.4, -0.2) is 12.2 Å². The Bertz CT molecular complexity index is 158. The van der Waals surface area contributed by atoms with Crippen LogP contribution in [0.5, 0.6) is 0 Å². The highest BCUT2D eigenvalue weighted by Gasteiger charge is 2.35. The quantitative estimate of drug-likeness (QED) is 0.520. The van der Waals surface area contributed by atoms with E-state index in [0.29, 0.717) is 6.42 Å². The lowest BCUT2D eigenvalue weighted by molar-refractivity contribution is 0.0312. The first-order chi connectivity index (χ1) is 4.49. The molecule has 0 spiro atoms. The topological polar surface area (TPSA) is 35.5 Å². The Morgan fingerprint density at radius 2 is 1.80 bits per heavy atom. The van der Waals surface area contributed by atoms with Crippen molar-refractivity contribution in [2.45, 2.75) is 32.5 Å². The Balaban J connectivity index is 2.60. The van der Waals surface area contributed by atoms with Gasteiger partial charge in [-0.25, -0.2) is 4.57 Å². The molecule has 0 radical (unpaired) electrons. The highest BCUT2D eigenvalue weighted by atomic mass is 31.2. The molecule has 1 unspecified atom stereocenters. The average molecular weight is 168 g/mol. The van der Waals surface area contributed by atoms with E-state index in [0.717, 1.165) is 0 Å². The van der Waals surface area contributed by atoms with Crippen LogP contribution in [0.2, 0.25) is 0 Å². The third kappa shape index (κ3) is 2.04. The zero-order valence-electron chi connectivity index (χ0n) is 5.91. The molecule has 1 rings (SSSR count). The summed E-state index contributed by atoms with van der Waals surface area (Å²) in [6.45, 7) is 3.34. The highest BCUT2D eigenvalue weighted by Crippen LogP contribution is 2.55. The minimum atomic E-state index is -4.20. The van der Waals surface area contributed by atoms with Gasteiger partial charge in [-0.15, -0.1) is 4.20 Å². The van der Waals surface area contributed by atoms with E-state index in [1.54, 1.807) is 13.8 Å². The molecule has 1 heterocycles. The van der Waals surface area contributed by atoms with E-state index in [9.17, 15) is 8.76 Å². The standard InChI is InChI=1S/C5H10FO3P/c1-4-3-5(2)9-10(6,7)8-4/h4-5H,3H2,1-2H3/t4-,5+,10?. The monoisotopic (exact) mass is 168 g/mol. The Morgan fingerprint density at radius 1 is 1.40 bits per heavy atom. The average Bonchev–Trinajstić information content (AvgIpc) is 1.54. The van der Waals surface area contributed by atoms with Gasteiger partial charge in [-0.2, -0.15) is 0 Å². The van der Waals surface area contributed by atoms with Gasteiger partial charge in [0.25, 0.3) is 0 Å². The van der Waals surface area contributed by atoms with Crippen LogP contribution >= 0.6 is 7.91 Å². The van der Waals surface area contributed by atoms with E-state index in [2.05, 4.69) is 9.05 Å². The first kappa shape index (κ1) is 8.18. The number of hydrogen-bond donors (Lipinski definition) is 0. The third-order valence-electron chi connectivity index (χ3n) is 1.28. The molecule has 10 heavy (non-hydrogen) atoms. The van der Waals surface area contributed by atoms with E-state index < -0.39 is 7.91 Å². The molecule has 1 fully saturated rings. The van der Waals surface area contributed by atoms with Crippen LogP contribution in [0.4, 0.5) is 4.20 Å². The summed E-state index contributed by atoms with van der Waals surface area (Å²) >= 11 is 0. The van der Waals surface area contributed by atoms with Crippen molar-refractivity contribution in [3.63, 3.8) is 0 Å². The minimum Gasteiger partial charge on any atom is -0.280 e. The SMILES string of the molecule is C[C@@H]1C[C@H](C)OP(=O)(F)O1. The lowest BCUT2D eigenvalue weighted by Crippen LogP contribution is -2.22. The van der Waals surface area contributed by atoms with Crippen molar-refractivity contribution < 1.29 is 17.8 Å². The summed E-state index contributed by atoms with van der Waals surface area (Å²) in [7, 11) is -4.20. The first-order valence-electron chi connectivity index (χ1n) is 3.16. The van der Waals surface area contributed by atoms with Gasteiger partial charge in [0.05, 0.1) is 12.2 Å². The van der Waals surface area contributed by atoms with Gasteiger partial charge < -0.3 is 0 Å². The summed E-state index contributed by atoms with van der Waals surface area (Å²) in [5.41, 5.74) is 0. The molecule has 1 aliphatic rings. The predicted octanol–water partition coefficient (Wildman–Crippen LogP) is 2.28. The summed E-state index contributed by atoms with van der Waals surface area (Å²) in [5, 5.41) is 0. The maximum absolute atomic E-state index is 12.5. The Hall–Kier alpha value is 0.0800. The van der Waals surface area contributed by atoms with Crippen molar-refractivity contribution >= 4 is 7.91 Å². The van der Waals surface area contributed by atoms with Crippen LogP contribution in [0.3, 0.4) is 0 Å². The molecule has 1 aliphatic heterocycles. The van der Waals surface area contributed by atoms with Gasteiger partial charge in [0, 0.05) is 6.42 Å². The van der Waals surface area contributed by atoms with E-state index in [-0.39, 0.29) is 12.2 Å². The summed E-state index contributed by atoms with van der Waals surface area (Å²) in [4.78, 5) is 0. The third-order valence-corrected chi connectivity index (χ3v) is 2.50. The zero-order valence-corrected chi connectivity index (χ0v) is 6.81. The molecule has 5 heteroatoms. The van der Waals surface area contributed by atoms with E-state index in [1.165, 1.54) is 0 Å². The predicted molar refractivity (Wildman–Crippen MR) is 34.4 cm³/mol. The van der Waals surface area contributed by atoms with Gasteiger partial charge in [0.2, 0.25) is 0 Å². The summed E-state index contributed by atoms with van der Waals surface area (Å²) in [6, 6.07) is 0. The van der Waals surface area contributed by atoms with Gasteiger partial charge in [-0.1, -0.05) is 0 Å². The molecular formula is C5H10FO3P. The molecule has 0 aliphatic carbocycles. The largest absolute Gasteiger partial charge is 0.513 e. The Morgan fingerprint density at radius 3 is 2.10 bits per heavy atom. The van der Waals surface area contributed by atoms with Crippen molar-refractivity contribution in [3.8, 4) is 0 Å². The van der Waals surface area contributed by atoms with Crippen molar-refractivity contribution in [2.24, 2.45) is 0 Å². The van der Waals surface area contributed by atoms with Gasteiger partial charge >= 0.3 is 7.91 Å². The molecule has 3 atom stereocenters. The molecule has 1 saturated heterocycles. The lowest BCUT2D eigenvalue weighted by Gasteiger charge is -2.26. The molecule has 0 aromatic carbocycles. The second-order valence-corrected chi connectivity index (χ2v) is 3.78. The molecule has 0 amide bonds. The zero-order chi connectivity index (χ0) is 7.78. The molecule has 0 bridgehead atoms. The maximum atomic E-state index is 12.5. The fourth-order valence-electron chi connectivity index (χ4n) is 1.01. The van der Waals surface area contributed by atoms with Crippen molar-refractivity contribution in [2.75, 3.05) is 0 Å². The lowest BCUT2D eigenvalue weighted by atomic mass is 10.2. The van der Waals surface area contributed by atoms with Gasteiger partial charge in [-0.05, 0) is 13.8 Å². The van der Waals surface area contributed by atoms with Crippen LogP contribution in [0.15, 0.2) is 0 Å². The second-order valence-electron chi connectivity index (χ2n) is 2.50. The highest BCUT2D eigenvalue weighted by molar-refractivity contribution is 7.48. The molecule has 0 aromatic rings. The fraction of sp³-hybridized carbons (Fsp3) is 1.00. The summed E-state index contributed by atoms with van der Waals surface area (Å²) < 4.78 is 31.8. The normalized spacial score (nSPS) is 49.1. The smallest absolute Gasteiger partial charge is 0.280 e. The number of hydrogen-bond acceptors (Lipinski definition) is 3. The summed E-state index contributed by atoms with van der Waals surface area (Å²) in [6.07, 6.45) is -0.0207. The van der Waals surface area contributed by atoms with Crippen LogP contribution in [0.1, 0.15) is 20.3 Å². The van der Waals surface area contributed by atoms with Crippen molar-refractivity contribution in [3.05, 3.63) is 0 Å². The number of rotatable bonds is 0. The van der Waals surface area contributed by atoms with E-state index >= 15 is 0 Å².